The molecule has 8 heteroatoms. The van der Waals surface area contributed by atoms with Crippen molar-refractivity contribution in [1.82, 2.24) is 4.90 Å². The highest BCUT2D eigenvalue weighted by Crippen LogP contribution is 2.15. The molecule has 0 radical (unpaired) electrons. The maximum absolute atomic E-state index is 13.4. The summed E-state index contributed by atoms with van der Waals surface area (Å²) in [5, 5.41) is 2.42. The summed E-state index contributed by atoms with van der Waals surface area (Å²) in [4.78, 5) is 13.7. The van der Waals surface area contributed by atoms with Gasteiger partial charge in [0.05, 0.1) is 24.9 Å². The van der Waals surface area contributed by atoms with E-state index in [1.165, 1.54) is 6.07 Å². The van der Waals surface area contributed by atoms with Gasteiger partial charge < -0.3 is 15.8 Å². The molecule has 1 aliphatic heterocycles. The minimum Gasteiger partial charge on any atom is -0.374 e. The van der Waals surface area contributed by atoms with Gasteiger partial charge in [-0.1, -0.05) is 0 Å². The van der Waals surface area contributed by atoms with E-state index in [1.54, 1.807) is 0 Å². The van der Waals surface area contributed by atoms with Crippen molar-refractivity contribution in [3.05, 3.63) is 29.8 Å². The van der Waals surface area contributed by atoms with Crippen LogP contribution in [0.2, 0.25) is 0 Å². The molecule has 118 valence electrons. The van der Waals surface area contributed by atoms with Crippen LogP contribution in [0.15, 0.2) is 18.2 Å². The van der Waals surface area contributed by atoms with Crippen LogP contribution >= 0.6 is 12.4 Å². The first-order valence-electron chi connectivity index (χ1n) is 6.37. The van der Waals surface area contributed by atoms with Crippen LogP contribution < -0.4 is 11.1 Å². The molecule has 0 aromatic heterocycles. The first kappa shape index (κ1) is 17.8. The Hall–Kier alpha value is -1.28. The number of nitrogens with two attached hydrogens (primary N) is 1. The largest absolute Gasteiger partial charge is 0.374 e. The van der Waals surface area contributed by atoms with Crippen molar-refractivity contribution in [1.29, 1.82) is 0 Å². The Labute approximate surface area is 127 Å². The number of hydrogen-bond donors (Lipinski definition) is 2. The third kappa shape index (κ3) is 5.20. The number of anilines is 1. The highest BCUT2D eigenvalue weighted by Gasteiger charge is 2.21. The highest BCUT2D eigenvalue weighted by atomic mass is 35.5. The lowest BCUT2D eigenvalue weighted by molar-refractivity contribution is -0.119. The van der Waals surface area contributed by atoms with Crippen molar-refractivity contribution in [3.63, 3.8) is 0 Å². The zero-order valence-electron chi connectivity index (χ0n) is 11.4. The van der Waals surface area contributed by atoms with Crippen molar-refractivity contribution >= 4 is 24.0 Å². The summed E-state index contributed by atoms with van der Waals surface area (Å²) >= 11 is 0. The predicted octanol–water partition coefficient (Wildman–Crippen LogP) is 0.985. The highest BCUT2D eigenvalue weighted by molar-refractivity contribution is 5.92. The Morgan fingerprint density at radius 3 is 2.90 bits per heavy atom. The first-order valence-corrected chi connectivity index (χ1v) is 6.37. The molecular formula is C13H18ClF2N3O2. The molecule has 1 aromatic rings. The van der Waals surface area contributed by atoms with Gasteiger partial charge in [-0.3, -0.25) is 9.69 Å². The number of carbonyl (C=O) groups is 1. The molecule has 21 heavy (non-hydrogen) atoms. The van der Waals surface area contributed by atoms with E-state index in [-0.39, 0.29) is 36.7 Å². The molecule has 0 aliphatic carbocycles. The third-order valence-electron chi connectivity index (χ3n) is 3.06. The molecule has 3 N–H and O–H groups in total. The number of nitrogens with zero attached hydrogens (tertiary/aromatic N) is 1. The van der Waals surface area contributed by atoms with Gasteiger partial charge in [0.2, 0.25) is 5.91 Å². The first-order chi connectivity index (χ1) is 9.58. The van der Waals surface area contributed by atoms with Gasteiger partial charge in [0.25, 0.3) is 0 Å². The van der Waals surface area contributed by atoms with Gasteiger partial charge in [0, 0.05) is 25.7 Å². The van der Waals surface area contributed by atoms with Gasteiger partial charge in [0.15, 0.2) is 0 Å². The van der Waals surface area contributed by atoms with Crippen LogP contribution in [0.1, 0.15) is 0 Å². The Balaban J connectivity index is 0.00000220. The van der Waals surface area contributed by atoms with Gasteiger partial charge in [-0.15, -0.1) is 12.4 Å². The number of nitrogens with one attached hydrogen (secondary N) is 1. The van der Waals surface area contributed by atoms with Crippen LogP contribution in [0.25, 0.3) is 0 Å². The van der Waals surface area contributed by atoms with Gasteiger partial charge in [-0.05, 0) is 12.1 Å². The molecule has 0 saturated carbocycles. The number of halogens is 3. The average molecular weight is 322 g/mol. The van der Waals surface area contributed by atoms with Crippen molar-refractivity contribution < 1.29 is 18.3 Å². The van der Waals surface area contributed by atoms with Crippen molar-refractivity contribution in [2.24, 2.45) is 5.73 Å². The summed E-state index contributed by atoms with van der Waals surface area (Å²) in [6, 6.07) is 3.03. The summed E-state index contributed by atoms with van der Waals surface area (Å²) in [6.45, 7) is 2.22. The van der Waals surface area contributed by atoms with Crippen molar-refractivity contribution in [3.8, 4) is 0 Å². The smallest absolute Gasteiger partial charge is 0.238 e. The SMILES string of the molecule is Cl.NCC1CN(CC(=O)Nc2ccc(F)cc2F)CCO1. The second-order valence-electron chi connectivity index (χ2n) is 4.64. The number of morpholine rings is 1. The zero-order valence-corrected chi connectivity index (χ0v) is 12.2. The zero-order chi connectivity index (χ0) is 14.5. The number of hydrogen-bond acceptors (Lipinski definition) is 4. The van der Waals surface area contributed by atoms with E-state index in [1.807, 2.05) is 4.90 Å². The molecule has 1 amide bonds. The fraction of sp³-hybridized carbons (Fsp3) is 0.462. The van der Waals surface area contributed by atoms with Crippen LogP contribution in [0.4, 0.5) is 14.5 Å². The van der Waals surface area contributed by atoms with Crippen LogP contribution in [-0.2, 0) is 9.53 Å². The molecule has 5 nitrogen and oxygen atoms in total. The van der Waals surface area contributed by atoms with Crippen molar-refractivity contribution in [2.45, 2.75) is 6.10 Å². The second kappa shape index (κ2) is 8.23. The van der Waals surface area contributed by atoms with Crippen LogP contribution in [0.5, 0.6) is 0 Å². The van der Waals surface area contributed by atoms with Gasteiger partial charge >= 0.3 is 0 Å². The monoisotopic (exact) mass is 321 g/mol. The quantitative estimate of drug-likeness (QED) is 0.867. The Morgan fingerprint density at radius 2 is 2.24 bits per heavy atom. The van der Waals surface area contributed by atoms with Crippen LogP contribution in [0, 0.1) is 11.6 Å². The molecule has 0 bridgehead atoms. The lowest BCUT2D eigenvalue weighted by Crippen LogP contribution is -2.48. The minimum absolute atomic E-state index is 0. The van der Waals surface area contributed by atoms with Gasteiger partial charge in [0.1, 0.15) is 11.6 Å². The molecule has 1 aromatic carbocycles. The minimum atomic E-state index is -0.792. The van der Waals surface area contributed by atoms with E-state index in [0.29, 0.717) is 26.2 Å². The van der Waals surface area contributed by atoms with E-state index in [2.05, 4.69) is 5.32 Å². The fourth-order valence-electron chi connectivity index (χ4n) is 2.05. The lowest BCUT2D eigenvalue weighted by Gasteiger charge is -2.31. The van der Waals surface area contributed by atoms with Gasteiger partial charge in [-0.2, -0.15) is 0 Å². The van der Waals surface area contributed by atoms with Crippen molar-refractivity contribution in [2.75, 3.05) is 38.1 Å². The molecule has 1 fully saturated rings. The number of carbonyl (C=O) groups excluding carboxylic acids is 1. The molecule has 1 atom stereocenters. The molecule has 1 aliphatic rings. The van der Waals surface area contributed by atoms with E-state index in [9.17, 15) is 13.6 Å². The molecule has 1 unspecified atom stereocenters. The number of rotatable bonds is 4. The molecule has 1 heterocycles. The van der Waals surface area contributed by atoms with E-state index in [4.69, 9.17) is 10.5 Å². The molecular weight excluding hydrogens is 304 g/mol. The Bertz CT molecular complexity index is 490. The summed E-state index contributed by atoms with van der Waals surface area (Å²) in [6.07, 6.45) is -0.0842. The van der Waals surface area contributed by atoms with Crippen LogP contribution in [-0.4, -0.2) is 49.7 Å². The second-order valence-corrected chi connectivity index (χ2v) is 4.64. The fourth-order valence-corrected chi connectivity index (χ4v) is 2.05. The molecule has 0 spiro atoms. The maximum atomic E-state index is 13.4. The Morgan fingerprint density at radius 1 is 1.48 bits per heavy atom. The topological polar surface area (TPSA) is 67.6 Å². The molecule has 2 rings (SSSR count). The molecule has 1 saturated heterocycles. The van der Waals surface area contributed by atoms with E-state index in [0.717, 1.165) is 12.1 Å². The summed E-state index contributed by atoms with van der Waals surface area (Å²) in [5.41, 5.74) is 5.49. The predicted molar refractivity (Wildman–Crippen MR) is 77.5 cm³/mol. The number of benzene rings is 1. The number of ether oxygens (including phenoxy) is 1. The van der Waals surface area contributed by atoms with E-state index >= 15 is 0 Å². The van der Waals surface area contributed by atoms with E-state index < -0.39 is 11.6 Å². The summed E-state index contributed by atoms with van der Waals surface area (Å²) in [5.74, 6) is -1.83. The third-order valence-corrected chi connectivity index (χ3v) is 3.06. The maximum Gasteiger partial charge on any atom is 0.238 e. The normalized spacial score (nSPS) is 18.9. The summed E-state index contributed by atoms with van der Waals surface area (Å²) < 4.78 is 31.5. The van der Waals surface area contributed by atoms with Crippen LogP contribution in [0.3, 0.4) is 0 Å². The summed E-state index contributed by atoms with van der Waals surface area (Å²) in [7, 11) is 0. The van der Waals surface area contributed by atoms with Gasteiger partial charge in [-0.25, -0.2) is 8.78 Å². The Kier molecular flexibility index (Phi) is 6.97. The average Bonchev–Trinajstić information content (AvgIpc) is 2.42. The standard InChI is InChI=1S/C13H17F2N3O2.ClH/c14-9-1-2-12(11(15)5-9)17-13(19)8-18-3-4-20-10(6-16)7-18;/h1-2,5,10H,3-4,6-8,16H2,(H,17,19);1H. The lowest BCUT2D eigenvalue weighted by atomic mass is 10.2. The number of amides is 1.